The molecule has 3 heterocycles. The van der Waals surface area contributed by atoms with Crippen LogP contribution in [0.2, 0.25) is 0 Å². The highest BCUT2D eigenvalue weighted by atomic mass is 32.1. The minimum absolute atomic E-state index is 0.862. The molecular formula is C19H22N4OS2. The van der Waals surface area contributed by atoms with Crippen molar-refractivity contribution in [3.63, 3.8) is 0 Å². The van der Waals surface area contributed by atoms with Gasteiger partial charge in [0, 0.05) is 44.3 Å². The second-order valence-corrected chi connectivity index (χ2v) is 7.99. The Morgan fingerprint density at radius 3 is 2.77 bits per heavy atom. The van der Waals surface area contributed by atoms with Gasteiger partial charge in [0.1, 0.15) is 5.75 Å². The maximum atomic E-state index is 5.31. The summed E-state index contributed by atoms with van der Waals surface area (Å²) in [6.45, 7) is 5.24. The molecule has 5 nitrogen and oxygen atoms in total. The first kappa shape index (κ1) is 17.5. The average Bonchev–Trinajstić information content (AvgIpc) is 3.38. The molecule has 7 heteroatoms. The molecule has 0 spiro atoms. The molecule has 0 radical (unpaired) electrons. The molecule has 0 aliphatic carbocycles. The van der Waals surface area contributed by atoms with Crippen LogP contribution in [-0.2, 0) is 6.42 Å². The lowest BCUT2D eigenvalue weighted by molar-refractivity contribution is 0.261. The molecule has 0 saturated carbocycles. The van der Waals surface area contributed by atoms with Crippen LogP contribution in [0.5, 0.6) is 5.75 Å². The van der Waals surface area contributed by atoms with Crippen LogP contribution in [0.4, 0.5) is 5.13 Å². The van der Waals surface area contributed by atoms with Gasteiger partial charge in [-0.15, -0.1) is 11.3 Å². The number of ether oxygens (including phenoxy) is 1. The highest BCUT2D eigenvalue weighted by Crippen LogP contribution is 2.27. The zero-order valence-corrected chi connectivity index (χ0v) is 16.4. The van der Waals surface area contributed by atoms with Crippen molar-refractivity contribution in [1.29, 1.82) is 0 Å². The van der Waals surface area contributed by atoms with Crippen molar-refractivity contribution in [1.82, 2.24) is 14.3 Å². The maximum absolute atomic E-state index is 5.31. The van der Waals surface area contributed by atoms with Crippen LogP contribution >= 0.6 is 22.9 Å². The Hall–Kier alpha value is -1.96. The van der Waals surface area contributed by atoms with Crippen molar-refractivity contribution in [2.24, 2.45) is 0 Å². The van der Waals surface area contributed by atoms with Crippen LogP contribution in [0.25, 0.3) is 10.7 Å². The molecule has 1 fully saturated rings. The summed E-state index contributed by atoms with van der Waals surface area (Å²) in [6.07, 6.45) is 1.05. The minimum atomic E-state index is 0.862. The van der Waals surface area contributed by atoms with E-state index in [1.807, 2.05) is 12.1 Å². The summed E-state index contributed by atoms with van der Waals surface area (Å²) in [7, 11) is 1.72. The lowest BCUT2D eigenvalue weighted by Gasteiger charge is -2.34. The zero-order valence-electron chi connectivity index (χ0n) is 14.8. The van der Waals surface area contributed by atoms with E-state index in [-0.39, 0.29) is 0 Å². The van der Waals surface area contributed by atoms with Crippen LogP contribution in [0, 0.1) is 0 Å². The molecule has 1 aliphatic rings. The standard InChI is InChI=1S/C19H22N4OS2/c1-24-16-5-2-4-15(14-16)7-8-22-9-11-23(12-10-22)19-20-18(21-26-19)17-6-3-13-25-17/h2-6,13-14H,7-12H2,1H3. The van der Waals surface area contributed by atoms with E-state index in [4.69, 9.17) is 9.72 Å². The molecule has 2 aromatic heterocycles. The summed E-state index contributed by atoms with van der Waals surface area (Å²) < 4.78 is 9.83. The van der Waals surface area contributed by atoms with E-state index < -0.39 is 0 Å². The predicted molar refractivity (Wildman–Crippen MR) is 109 cm³/mol. The molecule has 1 aliphatic heterocycles. The molecule has 0 N–H and O–H groups in total. The number of benzene rings is 1. The number of thiophene rings is 1. The number of piperazine rings is 1. The van der Waals surface area contributed by atoms with Gasteiger partial charge in [-0.1, -0.05) is 18.2 Å². The topological polar surface area (TPSA) is 41.5 Å². The first-order valence-electron chi connectivity index (χ1n) is 8.79. The fraction of sp³-hybridized carbons (Fsp3) is 0.368. The Kier molecular flexibility index (Phi) is 5.48. The lowest BCUT2D eigenvalue weighted by atomic mass is 10.1. The Labute approximate surface area is 162 Å². The number of hydrogen-bond acceptors (Lipinski definition) is 7. The Morgan fingerprint density at radius 1 is 1.12 bits per heavy atom. The molecule has 0 atom stereocenters. The van der Waals surface area contributed by atoms with E-state index in [1.165, 1.54) is 17.1 Å². The first-order valence-corrected chi connectivity index (χ1v) is 10.4. The normalized spacial score (nSPS) is 15.3. The highest BCUT2D eigenvalue weighted by molar-refractivity contribution is 7.14. The quantitative estimate of drug-likeness (QED) is 0.647. The van der Waals surface area contributed by atoms with Gasteiger partial charge in [-0.2, -0.15) is 9.36 Å². The molecule has 1 aromatic carbocycles. The minimum Gasteiger partial charge on any atom is -0.497 e. The molecule has 4 rings (SSSR count). The molecule has 3 aromatic rings. The van der Waals surface area contributed by atoms with Gasteiger partial charge >= 0.3 is 0 Å². The third-order valence-corrected chi connectivity index (χ3v) is 6.29. The molecule has 1 saturated heterocycles. The van der Waals surface area contributed by atoms with Crippen LogP contribution in [0.1, 0.15) is 5.56 Å². The van der Waals surface area contributed by atoms with E-state index in [2.05, 4.69) is 43.8 Å². The van der Waals surface area contributed by atoms with Crippen molar-refractivity contribution in [3.05, 3.63) is 47.3 Å². The van der Waals surface area contributed by atoms with Gasteiger partial charge in [0.15, 0.2) is 5.82 Å². The fourth-order valence-corrected chi connectivity index (χ4v) is 4.58. The van der Waals surface area contributed by atoms with Crippen molar-refractivity contribution in [2.45, 2.75) is 6.42 Å². The summed E-state index contributed by atoms with van der Waals surface area (Å²) in [6, 6.07) is 12.5. The fourth-order valence-electron chi connectivity index (χ4n) is 3.13. The monoisotopic (exact) mass is 386 g/mol. The molecule has 0 amide bonds. The second-order valence-electron chi connectivity index (χ2n) is 6.31. The van der Waals surface area contributed by atoms with Crippen LogP contribution in [0.3, 0.4) is 0 Å². The van der Waals surface area contributed by atoms with Crippen molar-refractivity contribution < 1.29 is 4.74 Å². The van der Waals surface area contributed by atoms with Crippen molar-refractivity contribution in [3.8, 4) is 16.5 Å². The van der Waals surface area contributed by atoms with E-state index in [1.54, 1.807) is 18.4 Å². The third-order valence-electron chi connectivity index (χ3n) is 4.65. The SMILES string of the molecule is COc1cccc(CCN2CCN(c3nc(-c4cccs4)ns3)CC2)c1. The second kappa shape index (κ2) is 8.16. The van der Waals surface area contributed by atoms with Gasteiger partial charge in [0.2, 0.25) is 5.13 Å². The number of methoxy groups -OCH3 is 1. The summed E-state index contributed by atoms with van der Waals surface area (Å²) in [5.41, 5.74) is 1.33. The lowest BCUT2D eigenvalue weighted by Crippen LogP contribution is -2.47. The Bertz CT molecular complexity index is 826. The molecule has 0 bridgehead atoms. The Morgan fingerprint density at radius 2 is 2.00 bits per heavy atom. The summed E-state index contributed by atoms with van der Waals surface area (Å²) in [4.78, 5) is 10.8. The number of nitrogens with zero attached hydrogens (tertiary/aromatic N) is 4. The molecule has 0 unspecified atom stereocenters. The largest absolute Gasteiger partial charge is 0.497 e. The number of anilines is 1. The van der Waals surface area contributed by atoms with Crippen molar-refractivity contribution in [2.75, 3.05) is 44.7 Å². The smallest absolute Gasteiger partial charge is 0.205 e. The highest BCUT2D eigenvalue weighted by Gasteiger charge is 2.20. The molecular weight excluding hydrogens is 364 g/mol. The van der Waals surface area contributed by atoms with Gasteiger partial charge < -0.3 is 9.64 Å². The predicted octanol–water partition coefficient (Wildman–Crippen LogP) is 3.64. The zero-order chi connectivity index (χ0) is 17.8. The number of hydrogen-bond donors (Lipinski definition) is 0. The Balaban J connectivity index is 1.29. The number of rotatable bonds is 6. The van der Waals surface area contributed by atoms with Gasteiger partial charge in [-0.05, 0) is 35.6 Å². The van der Waals surface area contributed by atoms with E-state index in [9.17, 15) is 0 Å². The third kappa shape index (κ3) is 4.06. The van der Waals surface area contributed by atoms with Crippen LogP contribution in [0.15, 0.2) is 41.8 Å². The molecule has 136 valence electrons. The van der Waals surface area contributed by atoms with Crippen molar-refractivity contribution >= 4 is 28.0 Å². The van der Waals surface area contributed by atoms with E-state index in [0.717, 1.165) is 60.7 Å². The van der Waals surface area contributed by atoms with Crippen LogP contribution in [-0.4, -0.2) is 54.1 Å². The summed E-state index contributed by atoms with van der Waals surface area (Å²) in [5.74, 6) is 1.80. The summed E-state index contributed by atoms with van der Waals surface area (Å²) >= 11 is 3.20. The maximum Gasteiger partial charge on any atom is 0.205 e. The average molecular weight is 387 g/mol. The van der Waals surface area contributed by atoms with Gasteiger partial charge in [-0.3, -0.25) is 4.90 Å². The van der Waals surface area contributed by atoms with Gasteiger partial charge in [0.25, 0.3) is 0 Å². The summed E-state index contributed by atoms with van der Waals surface area (Å²) in [5, 5.41) is 3.11. The van der Waals surface area contributed by atoms with E-state index >= 15 is 0 Å². The first-order chi connectivity index (χ1) is 12.8. The van der Waals surface area contributed by atoms with E-state index in [0.29, 0.717) is 0 Å². The number of aromatic nitrogens is 2. The molecule has 26 heavy (non-hydrogen) atoms. The van der Waals surface area contributed by atoms with Gasteiger partial charge in [-0.25, -0.2) is 0 Å². The van der Waals surface area contributed by atoms with Gasteiger partial charge in [0.05, 0.1) is 12.0 Å². The van der Waals surface area contributed by atoms with Crippen LogP contribution < -0.4 is 9.64 Å².